The number of aliphatic imine (C=N–C) groups is 1. The van der Waals surface area contributed by atoms with Crippen LogP contribution in [0.25, 0.3) is 10.9 Å². The number of halogens is 2. The van der Waals surface area contributed by atoms with Gasteiger partial charge in [-0.15, -0.1) is 24.0 Å². The molecule has 0 saturated carbocycles. The molecule has 4 N–H and O–H groups in total. The van der Waals surface area contributed by atoms with Crippen molar-refractivity contribution in [2.45, 2.75) is 20.3 Å². The Morgan fingerprint density at radius 1 is 1.14 bits per heavy atom. The second-order valence-electron chi connectivity index (χ2n) is 6.17. The number of guanidine groups is 1. The minimum absolute atomic E-state index is 0. The fourth-order valence-electron chi connectivity index (χ4n) is 2.98. The van der Waals surface area contributed by atoms with Crippen LogP contribution in [0.15, 0.2) is 47.6 Å². The number of hydrogen-bond acceptors (Lipinski definition) is 3. The van der Waals surface area contributed by atoms with Gasteiger partial charge in [0.2, 0.25) is 0 Å². The van der Waals surface area contributed by atoms with E-state index in [1.807, 2.05) is 38.2 Å². The second-order valence-corrected chi connectivity index (χ2v) is 6.17. The maximum absolute atomic E-state index is 13.3. The zero-order chi connectivity index (χ0) is 19.9. The zero-order valence-corrected chi connectivity index (χ0v) is 18.8. The molecular weight excluding hydrogens is 486 g/mol. The van der Waals surface area contributed by atoms with Crippen LogP contribution in [-0.4, -0.2) is 30.7 Å². The predicted octanol–water partition coefficient (Wildman–Crippen LogP) is 4.69. The molecule has 0 radical (unpaired) electrons. The lowest BCUT2D eigenvalue weighted by atomic mass is 10.1. The summed E-state index contributed by atoms with van der Waals surface area (Å²) >= 11 is 0. The topological polar surface area (TPSA) is 84.7 Å². The number of benzene rings is 2. The molecular formula is C21H26FIN4O2. The van der Waals surface area contributed by atoms with Gasteiger partial charge >= 0.3 is 0 Å². The average molecular weight is 512 g/mol. The fraction of sp³-hybridized carbons (Fsp3) is 0.286. The summed E-state index contributed by atoms with van der Waals surface area (Å²) in [5.41, 5.74) is 8.60. The number of nitrogens with zero attached hydrogens (tertiary/aromatic N) is 1. The summed E-state index contributed by atoms with van der Waals surface area (Å²) in [6.45, 7) is 5.47. The van der Waals surface area contributed by atoms with E-state index in [1.54, 1.807) is 6.07 Å². The van der Waals surface area contributed by atoms with Gasteiger partial charge in [-0.1, -0.05) is 0 Å². The third-order valence-corrected chi connectivity index (χ3v) is 4.22. The van der Waals surface area contributed by atoms with Crippen LogP contribution in [0.4, 0.5) is 10.1 Å². The number of fused-ring (bicyclic) bond motifs is 1. The van der Waals surface area contributed by atoms with Crippen molar-refractivity contribution in [1.29, 1.82) is 0 Å². The fourth-order valence-corrected chi connectivity index (χ4v) is 2.98. The van der Waals surface area contributed by atoms with Gasteiger partial charge < -0.3 is 25.5 Å². The van der Waals surface area contributed by atoms with E-state index in [4.69, 9.17) is 15.2 Å². The summed E-state index contributed by atoms with van der Waals surface area (Å²) in [7, 11) is 0. The monoisotopic (exact) mass is 512 g/mol. The van der Waals surface area contributed by atoms with E-state index in [0.717, 1.165) is 22.2 Å². The number of H-pyrrole nitrogens is 1. The smallest absolute Gasteiger partial charge is 0.193 e. The van der Waals surface area contributed by atoms with E-state index in [1.165, 1.54) is 12.1 Å². The van der Waals surface area contributed by atoms with E-state index in [-0.39, 0.29) is 29.8 Å². The minimum Gasteiger partial charge on any atom is -0.494 e. The lowest BCUT2D eigenvalue weighted by molar-refractivity contribution is 0.332. The van der Waals surface area contributed by atoms with Crippen LogP contribution in [0.5, 0.6) is 11.5 Å². The molecule has 0 aliphatic rings. The van der Waals surface area contributed by atoms with Gasteiger partial charge in [-0.2, -0.15) is 0 Å². The van der Waals surface area contributed by atoms with Crippen LogP contribution >= 0.6 is 24.0 Å². The Bertz CT molecular complexity index is 974. The lowest BCUT2D eigenvalue weighted by Gasteiger charge is -2.14. The van der Waals surface area contributed by atoms with Gasteiger partial charge in [0.1, 0.15) is 17.3 Å². The molecule has 3 rings (SSSR count). The summed E-state index contributed by atoms with van der Waals surface area (Å²) in [5, 5.41) is 4.08. The Morgan fingerprint density at radius 3 is 2.69 bits per heavy atom. The number of anilines is 1. The molecule has 0 aliphatic carbocycles. The molecule has 0 bridgehead atoms. The van der Waals surface area contributed by atoms with E-state index in [2.05, 4.69) is 15.3 Å². The first-order valence-corrected chi connectivity index (χ1v) is 9.32. The quantitative estimate of drug-likeness (QED) is 0.232. The number of aromatic amines is 1. The standard InChI is InChI=1S/C21H25FN4O2.HI/c1-3-27-16-6-8-20(28-4-2)19(12-16)26-21(23)24-10-9-14-13-25-18-11-15(22)5-7-17(14)18;/h5-8,11-13,25H,3-4,9-10H2,1-2H3,(H3,23,24,26);1H. The summed E-state index contributed by atoms with van der Waals surface area (Å²) in [5.74, 6) is 1.45. The van der Waals surface area contributed by atoms with Crippen molar-refractivity contribution in [3.63, 3.8) is 0 Å². The molecule has 0 fully saturated rings. The molecule has 29 heavy (non-hydrogen) atoms. The number of aromatic nitrogens is 1. The molecule has 0 aliphatic heterocycles. The molecule has 1 heterocycles. The first-order valence-electron chi connectivity index (χ1n) is 9.32. The van der Waals surface area contributed by atoms with E-state index in [0.29, 0.717) is 43.6 Å². The summed E-state index contributed by atoms with van der Waals surface area (Å²) < 4.78 is 24.5. The van der Waals surface area contributed by atoms with Gasteiger partial charge in [-0.3, -0.25) is 4.99 Å². The molecule has 156 valence electrons. The van der Waals surface area contributed by atoms with Gasteiger partial charge in [0.05, 0.1) is 18.9 Å². The van der Waals surface area contributed by atoms with Crippen molar-refractivity contribution >= 4 is 46.5 Å². The molecule has 2 aromatic carbocycles. The summed E-state index contributed by atoms with van der Waals surface area (Å²) in [6, 6.07) is 10.3. The third-order valence-electron chi connectivity index (χ3n) is 4.22. The summed E-state index contributed by atoms with van der Waals surface area (Å²) in [6.07, 6.45) is 2.56. The van der Waals surface area contributed by atoms with Crippen LogP contribution in [0.1, 0.15) is 19.4 Å². The van der Waals surface area contributed by atoms with Gasteiger partial charge in [0.15, 0.2) is 5.96 Å². The second kappa shape index (κ2) is 10.9. The van der Waals surface area contributed by atoms with Crippen molar-refractivity contribution in [3.05, 3.63) is 54.0 Å². The molecule has 0 unspecified atom stereocenters. The van der Waals surface area contributed by atoms with Crippen molar-refractivity contribution < 1.29 is 13.9 Å². The van der Waals surface area contributed by atoms with Crippen molar-refractivity contribution in [3.8, 4) is 11.5 Å². The van der Waals surface area contributed by atoms with E-state index in [9.17, 15) is 4.39 Å². The van der Waals surface area contributed by atoms with Crippen molar-refractivity contribution in [2.24, 2.45) is 10.7 Å². The maximum atomic E-state index is 13.3. The number of hydrogen-bond donors (Lipinski definition) is 3. The number of rotatable bonds is 8. The zero-order valence-electron chi connectivity index (χ0n) is 16.5. The largest absolute Gasteiger partial charge is 0.494 e. The molecule has 1 aromatic heterocycles. The highest BCUT2D eigenvalue weighted by atomic mass is 127. The van der Waals surface area contributed by atoms with Crippen molar-refractivity contribution in [2.75, 3.05) is 25.1 Å². The first-order chi connectivity index (χ1) is 13.6. The Hall–Kier alpha value is -2.49. The SMILES string of the molecule is CCOc1ccc(OCC)c(NC(N)=NCCc2c[nH]c3cc(F)ccc23)c1.I. The van der Waals surface area contributed by atoms with Crippen LogP contribution < -0.4 is 20.5 Å². The van der Waals surface area contributed by atoms with Crippen LogP contribution in [0.2, 0.25) is 0 Å². The maximum Gasteiger partial charge on any atom is 0.193 e. The van der Waals surface area contributed by atoms with Gasteiger partial charge in [-0.05, 0) is 56.2 Å². The average Bonchev–Trinajstić information content (AvgIpc) is 3.06. The Kier molecular flexibility index (Phi) is 8.56. The highest BCUT2D eigenvalue weighted by Crippen LogP contribution is 2.29. The first kappa shape index (κ1) is 22.8. The van der Waals surface area contributed by atoms with Crippen LogP contribution in [0, 0.1) is 5.82 Å². The van der Waals surface area contributed by atoms with E-state index >= 15 is 0 Å². The van der Waals surface area contributed by atoms with Crippen molar-refractivity contribution in [1.82, 2.24) is 4.98 Å². The summed E-state index contributed by atoms with van der Waals surface area (Å²) in [4.78, 5) is 7.48. The van der Waals surface area contributed by atoms with Gasteiger partial charge in [0.25, 0.3) is 0 Å². The highest BCUT2D eigenvalue weighted by molar-refractivity contribution is 14.0. The van der Waals surface area contributed by atoms with Gasteiger partial charge in [-0.25, -0.2) is 4.39 Å². The molecule has 6 nitrogen and oxygen atoms in total. The lowest BCUT2D eigenvalue weighted by Crippen LogP contribution is -2.23. The Labute approximate surface area is 186 Å². The van der Waals surface area contributed by atoms with E-state index < -0.39 is 0 Å². The molecule has 3 aromatic rings. The Morgan fingerprint density at radius 2 is 1.93 bits per heavy atom. The molecule has 0 spiro atoms. The number of nitrogens with two attached hydrogens (primary N) is 1. The van der Waals surface area contributed by atoms with Crippen LogP contribution in [-0.2, 0) is 6.42 Å². The Balaban J connectivity index is 0.00000300. The van der Waals surface area contributed by atoms with Crippen LogP contribution in [0.3, 0.4) is 0 Å². The van der Waals surface area contributed by atoms with Gasteiger partial charge in [0, 0.05) is 29.7 Å². The molecule has 8 heteroatoms. The normalized spacial score (nSPS) is 11.2. The molecule has 0 amide bonds. The molecule has 0 atom stereocenters. The minimum atomic E-state index is -0.258. The number of ether oxygens (including phenoxy) is 2. The third kappa shape index (κ3) is 5.99. The highest BCUT2D eigenvalue weighted by Gasteiger charge is 2.08. The molecule has 0 saturated heterocycles. The number of nitrogens with one attached hydrogen (secondary N) is 2. The predicted molar refractivity (Wildman–Crippen MR) is 126 cm³/mol.